The molecule has 0 aliphatic carbocycles. The van der Waals surface area contributed by atoms with E-state index in [9.17, 15) is 4.79 Å². The van der Waals surface area contributed by atoms with Gasteiger partial charge in [0.1, 0.15) is 5.69 Å². The van der Waals surface area contributed by atoms with Crippen LogP contribution >= 0.6 is 15.9 Å². The number of alkyl halides is 1. The molecular weight excluding hydrogens is 246 g/mol. The van der Waals surface area contributed by atoms with Crippen molar-refractivity contribution in [1.82, 2.24) is 15.1 Å². The van der Waals surface area contributed by atoms with Crippen molar-refractivity contribution in [3.63, 3.8) is 0 Å². The minimum atomic E-state index is -0.114. The van der Waals surface area contributed by atoms with E-state index in [4.69, 9.17) is 0 Å². The summed E-state index contributed by atoms with van der Waals surface area (Å²) < 4.78 is 1.62. The molecule has 1 aromatic heterocycles. The van der Waals surface area contributed by atoms with E-state index < -0.39 is 0 Å². The molecule has 78 valence electrons. The first-order valence-corrected chi connectivity index (χ1v) is 5.66. The predicted octanol–water partition coefficient (Wildman–Crippen LogP) is 1.32. The van der Waals surface area contributed by atoms with Crippen LogP contribution in [-0.4, -0.2) is 27.1 Å². The maximum Gasteiger partial charge on any atom is 0.272 e. The molecule has 1 unspecified atom stereocenters. The number of aryl methyl sites for hydroxylation is 1. The Bertz CT molecular complexity index is 307. The maximum atomic E-state index is 11.6. The molecule has 0 radical (unpaired) electrons. The minimum absolute atomic E-state index is 0.114. The summed E-state index contributed by atoms with van der Waals surface area (Å²) in [5.74, 6) is -0.114. The highest BCUT2D eigenvalue weighted by molar-refractivity contribution is 9.09. The van der Waals surface area contributed by atoms with Gasteiger partial charge in [-0.2, -0.15) is 5.10 Å². The largest absolute Gasteiger partial charge is 0.347 e. The molecule has 0 spiro atoms. The maximum absolute atomic E-state index is 11.6. The van der Waals surface area contributed by atoms with Crippen molar-refractivity contribution in [2.45, 2.75) is 19.4 Å². The molecule has 14 heavy (non-hydrogen) atoms. The molecule has 1 heterocycles. The molecule has 1 rings (SSSR count). The Morgan fingerprint density at radius 1 is 1.79 bits per heavy atom. The number of nitrogens with one attached hydrogen (secondary N) is 1. The van der Waals surface area contributed by atoms with Crippen molar-refractivity contribution < 1.29 is 4.79 Å². The molecule has 0 bridgehead atoms. The normalized spacial score (nSPS) is 12.5. The fraction of sp³-hybridized carbons (Fsp3) is 0.556. The van der Waals surface area contributed by atoms with Gasteiger partial charge in [0.15, 0.2) is 0 Å². The van der Waals surface area contributed by atoms with Crippen LogP contribution < -0.4 is 5.32 Å². The molecule has 1 aromatic rings. The second kappa shape index (κ2) is 5.14. The van der Waals surface area contributed by atoms with Crippen LogP contribution in [0, 0.1) is 0 Å². The van der Waals surface area contributed by atoms with Gasteiger partial charge >= 0.3 is 0 Å². The van der Waals surface area contributed by atoms with Gasteiger partial charge < -0.3 is 5.32 Å². The van der Waals surface area contributed by atoms with Crippen LogP contribution in [0.4, 0.5) is 0 Å². The topological polar surface area (TPSA) is 46.9 Å². The van der Waals surface area contributed by atoms with E-state index in [2.05, 4.69) is 26.3 Å². The third-order valence-electron chi connectivity index (χ3n) is 1.96. The number of rotatable bonds is 4. The van der Waals surface area contributed by atoms with E-state index in [1.165, 1.54) is 0 Å². The van der Waals surface area contributed by atoms with Crippen LogP contribution in [0.15, 0.2) is 12.3 Å². The molecule has 1 N–H and O–H groups in total. The van der Waals surface area contributed by atoms with Crippen LogP contribution in [0.5, 0.6) is 0 Å². The van der Waals surface area contributed by atoms with E-state index in [0.29, 0.717) is 5.69 Å². The Morgan fingerprint density at radius 2 is 2.50 bits per heavy atom. The van der Waals surface area contributed by atoms with Crippen LogP contribution in [0.1, 0.15) is 23.8 Å². The fourth-order valence-electron chi connectivity index (χ4n) is 1.05. The Kier molecular flexibility index (Phi) is 4.13. The lowest BCUT2D eigenvalue weighted by molar-refractivity contribution is 0.0934. The summed E-state index contributed by atoms with van der Waals surface area (Å²) >= 11 is 3.34. The van der Waals surface area contributed by atoms with E-state index in [1.807, 2.05) is 6.92 Å². The summed E-state index contributed by atoms with van der Waals surface area (Å²) in [5, 5.41) is 7.67. The number of carbonyl (C=O) groups excluding carboxylic acids is 1. The van der Waals surface area contributed by atoms with E-state index in [1.54, 1.807) is 24.0 Å². The average Bonchev–Trinajstić information content (AvgIpc) is 2.61. The number of amides is 1. The minimum Gasteiger partial charge on any atom is -0.347 e. The molecule has 5 heteroatoms. The number of halogens is 1. The Labute approximate surface area is 91.8 Å². The number of hydrogen-bond donors (Lipinski definition) is 1. The Balaban J connectivity index is 2.58. The van der Waals surface area contributed by atoms with Gasteiger partial charge in [-0.1, -0.05) is 22.9 Å². The number of nitrogens with zero attached hydrogens (tertiary/aromatic N) is 2. The molecule has 0 aliphatic rings. The van der Waals surface area contributed by atoms with Gasteiger partial charge in [-0.3, -0.25) is 9.48 Å². The Morgan fingerprint density at radius 3 is 2.93 bits per heavy atom. The first-order chi connectivity index (χ1) is 6.67. The van der Waals surface area contributed by atoms with Crippen LogP contribution in [-0.2, 0) is 7.05 Å². The number of carbonyl (C=O) groups is 1. The molecule has 4 nitrogen and oxygen atoms in total. The summed E-state index contributed by atoms with van der Waals surface area (Å²) in [6, 6.07) is 1.88. The molecule has 0 saturated carbocycles. The summed E-state index contributed by atoms with van der Waals surface area (Å²) in [5.41, 5.74) is 0.465. The van der Waals surface area contributed by atoms with Gasteiger partial charge in [0.25, 0.3) is 5.91 Å². The van der Waals surface area contributed by atoms with Crippen molar-refractivity contribution in [3.8, 4) is 0 Å². The highest BCUT2D eigenvalue weighted by Gasteiger charge is 2.12. The summed E-state index contributed by atoms with van der Waals surface area (Å²) in [6.07, 6.45) is 2.66. The van der Waals surface area contributed by atoms with Gasteiger partial charge in [0.05, 0.1) is 0 Å². The molecule has 0 aliphatic heterocycles. The quantitative estimate of drug-likeness (QED) is 0.830. The predicted molar refractivity (Wildman–Crippen MR) is 58.5 cm³/mol. The molecule has 0 saturated heterocycles. The lowest BCUT2D eigenvalue weighted by Crippen LogP contribution is -2.35. The van der Waals surface area contributed by atoms with Gasteiger partial charge in [0.2, 0.25) is 0 Å². The van der Waals surface area contributed by atoms with E-state index in [-0.39, 0.29) is 11.9 Å². The molecule has 0 aromatic carbocycles. The zero-order valence-corrected chi connectivity index (χ0v) is 9.91. The first kappa shape index (κ1) is 11.2. The number of aromatic nitrogens is 2. The lowest BCUT2D eigenvalue weighted by Gasteiger charge is -2.12. The molecule has 1 atom stereocenters. The monoisotopic (exact) mass is 259 g/mol. The molecular formula is C9H14BrN3O. The zero-order chi connectivity index (χ0) is 10.6. The van der Waals surface area contributed by atoms with Crippen molar-refractivity contribution in [3.05, 3.63) is 18.0 Å². The smallest absolute Gasteiger partial charge is 0.272 e. The van der Waals surface area contributed by atoms with Crippen LogP contribution in [0.2, 0.25) is 0 Å². The van der Waals surface area contributed by atoms with Crippen molar-refractivity contribution >= 4 is 21.8 Å². The third-order valence-corrected chi connectivity index (χ3v) is 2.74. The number of hydrogen-bond acceptors (Lipinski definition) is 2. The SMILES string of the molecule is CCC(CBr)NC(=O)c1ccn(C)n1. The van der Waals surface area contributed by atoms with E-state index in [0.717, 1.165) is 11.8 Å². The van der Waals surface area contributed by atoms with Crippen molar-refractivity contribution in [2.24, 2.45) is 7.05 Å². The second-order valence-electron chi connectivity index (χ2n) is 3.11. The van der Waals surface area contributed by atoms with Gasteiger partial charge in [0, 0.05) is 24.6 Å². The van der Waals surface area contributed by atoms with E-state index >= 15 is 0 Å². The second-order valence-corrected chi connectivity index (χ2v) is 3.76. The van der Waals surface area contributed by atoms with Crippen LogP contribution in [0.3, 0.4) is 0 Å². The average molecular weight is 260 g/mol. The van der Waals surface area contributed by atoms with Crippen molar-refractivity contribution in [1.29, 1.82) is 0 Å². The summed E-state index contributed by atoms with van der Waals surface area (Å²) in [7, 11) is 1.79. The van der Waals surface area contributed by atoms with Crippen LogP contribution in [0.25, 0.3) is 0 Å². The highest BCUT2D eigenvalue weighted by Crippen LogP contribution is 1.99. The standard InChI is InChI=1S/C9H14BrN3O/c1-3-7(6-10)11-9(14)8-4-5-13(2)12-8/h4-5,7H,3,6H2,1-2H3,(H,11,14). The van der Waals surface area contributed by atoms with Gasteiger partial charge in [-0.15, -0.1) is 0 Å². The molecule has 1 amide bonds. The fourth-order valence-corrected chi connectivity index (χ4v) is 1.66. The van der Waals surface area contributed by atoms with Gasteiger partial charge in [-0.05, 0) is 12.5 Å². The molecule has 0 fully saturated rings. The first-order valence-electron chi connectivity index (χ1n) is 4.53. The van der Waals surface area contributed by atoms with Gasteiger partial charge in [-0.25, -0.2) is 0 Å². The zero-order valence-electron chi connectivity index (χ0n) is 8.33. The summed E-state index contributed by atoms with van der Waals surface area (Å²) in [6.45, 7) is 2.03. The highest BCUT2D eigenvalue weighted by atomic mass is 79.9. The van der Waals surface area contributed by atoms with Crippen molar-refractivity contribution in [2.75, 3.05) is 5.33 Å². The Hall–Kier alpha value is -0.840. The summed E-state index contributed by atoms with van der Waals surface area (Å²) in [4.78, 5) is 11.6. The third kappa shape index (κ3) is 2.83. The lowest BCUT2D eigenvalue weighted by atomic mass is 10.2.